The number of allylic oxidation sites excluding steroid dienone is 1. The number of hydrogen-bond donors (Lipinski definition) is 3. The predicted molar refractivity (Wildman–Crippen MR) is 152 cm³/mol. The summed E-state index contributed by atoms with van der Waals surface area (Å²) >= 11 is 0. The van der Waals surface area contributed by atoms with Gasteiger partial charge in [0.1, 0.15) is 35.6 Å². The van der Waals surface area contributed by atoms with Crippen molar-refractivity contribution in [2.75, 3.05) is 19.7 Å². The van der Waals surface area contributed by atoms with Crippen molar-refractivity contribution in [2.24, 2.45) is 0 Å². The number of nitrogens with one attached hydrogen (secondary N) is 2. The fourth-order valence-corrected chi connectivity index (χ4v) is 5.02. The number of carbonyl (C=O) groups is 2. The Bertz CT molecular complexity index is 1350. The van der Waals surface area contributed by atoms with Crippen molar-refractivity contribution in [3.63, 3.8) is 0 Å². The lowest BCUT2D eigenvalue weighted by Crippen LogP contribution is -2.39. The van der Waals surface area contributed by atoms with Gasteiger partial charge < -0.3 is 24.1 Å². The Morgan fingerprint density at radius 2 is 1.80 bits per heavy atom. The molecule has 9 heteroatoms. The summed E-state index contributed by atoms with van der Waals surface area (Å²) < 4.78 is 18.1. The van der Waals surface area contributed by atoms with Gasteiger partial charge in [0.2, 0.25) is 5.91 Å². The molecule has 2 fully saturated rings. The zero-order chi connectivity index (χ0) is 28.1. The molecule has 3 aromatic rings. The van der Waals surface area contributed by atoms with Gasteiger partial charge in [0.15, 0.2) is 0 Å². The van der Waals surface area contributed by atoms with Gasteiger partial charge in [0, 0.05) is 36.2 Å². The van der Waals surface area contributed by atoms with E-state index in [-0.39, 0.29) is 24.7 Å². The number of fused-ring (bicyclic) bond motifs is 1. The first-order valence-electron chi connectivity index (χ1n) is 14.0. The molecule has 2 aliphatic rings. The molecule has 212 valence electrons. The molecule has 9 nitrogen and oxygen atoms in total. The molecule has 3 N–H and O–H groups in total. The summed E-state index contributed by atoms with van der Waals surface area (Å²) in [5.74, 6) is 1.22. The smallest absolute Gasteiger partial charge is 0.274 e. The van der Waals surface area contributed by atoms with Crippen LogP contribution in [-0.2, 0) is 4.79 Å². The molecule has 1 saturated carbocycles. The largest absolute Gasteiger partial charge is 0.491 e. The molecule has 2 heterocycles. The Kier molecular flexibility index (Phi) is 8.72. The Morgan fingerprint density at radius 1 is 1.07 bits per heavy atom. The van der Waals surface area contributed by atoms with Crippen LogP contribution in [0, 0.1) is 0 Å². The highest BCUT2D eigenvalue weighted by Gasteiger charge is 2.32. The van der Waals surface area contributed by atoms with Crippen molar-refractivity contribution in [2.45, 2.75) is 64.1 Å². The van der Waals surface area contributed by atoms with Gasteiger partial charge in [0.05, 0.1) is 6.04 Å². The normalized spacial score (nSPS) is 17.4. The maximum atomic E-state index is 12.7. The minimum Gasteiger partial charge on any atom is -0.491 e. The van der Waals surface area contributed by atoms with Crippen LogP contribution >= 0.6 is 0 Å². The number of hydroxylamine groups is 1. The molecule has 0 radical (unpaired) electrons. The number of rotatable bonds is 11. The SMILES string of the molecule is CC[C@@H](COc1ccc(C(=O)NO)cc1)NC(=O)/C=C(\C)c1cc2cc(OC3CCN(C4CC4)CC3)ccc2o1. The van der Waals surface area contributed by atoms with Crippen LogP contribution < -0.4 is 20.3 Å². The van der Waals surface area contributed by atoms with E-state index < -0.39 is 5.91 Å². The Labute approximate surface area is 234 Å². The van der Waals surface area contributed by atoms with Crippen molar-refractivity contribution in [3.05, 3.63) is 65.9 Å². The van der Waals surface area contributed by atoms with Gasteiger partial charge in [-0.3, -0.25) is 14.8 Å². The predicted octanol–water partition coefficient (Wildman–Crippen LogP) is 4.93. The van der Waals surface area contributed by atoms with Crippen LogP contribution in [0.15, 0.2) is 59.0 Å². The Balaban J connectivity index is 1.14. The highest BCUT2D eigenvalue weighted by atomic mass is 16.5. The van der Waals surface area contributed by atoms with E-state index in [2.05, 4.69) is 10.2 Å². The van der Waals surface area contributed by atoms with Crippen LogP contribution in [0.2, 0.25) is 0 Å². The molecule has 5 rings (SSSR count). The Morgan fingerprint density at radius 3 is 2.48 bits per heavy atom. The van der Waals surface area contributed by atoms with E-state index in [1.807, 2.05) is 38.1 Å². The molecule has 0 unspecified atom stereocenters. The minimum absolute atomic E-state index is 0.205. The minimum atomic E-state index is -0.592. The summed E-state index contributed by atoms with van der Waals surface area (Å²) in [6, 6.07) is 14.8. The molecule has 1 saturated heterocycles. The molecule has 1 atom stereocenters. The zero-order valence-electron chi connectivity index (χ0n) is 23.0. The van der Waals surface area contributed by atoms with Gasteiger partial charge >= 0.3 is 0 Å². The van der Waals surface area contributed by atoms with Gasteiger partial charge in [-0.2, -0.15) is 0 Å². The summed E-state index contributed by atoms with van der Waals surface area (Å²) in [5.41, 5.74) is 3.38. The van der Waals surface area contributed by atoms with Crippen molar-refractivity contribution in [3.8, 4) is 11.5 Å². The lowest BCUT2D eigenvalue weighted by molar-refractivity contribution is -0.117. The van der Waals surface area contributed by atoms with Gasteiger partial charge in [-0.15, -0.1) is 0 Å². The number of nitrogens with zero attached hydrogens (tertiary/aromatic N) is 1. The fourth-order valence-electron chi connectivity index (χ4n) is 5.02. The number of carbonyl (C=O) groups excluding carboxylic acids is 2. The molecule has 40 heavy (non-hydrogen) atoms. The first-order valence-corrected chi connectivity index (χ1v) is 14.0. The van der Waals surface area contributed by atoms with E-state index in [4.69, 9.17) is 19.1 Å². The number of amides is 2. The maximum absolute atomic E-state index is 12.7. The van der Waals surface area contributed by atoms with Gasteiger partial charge in [-0.05, 0) is 93.1 Å². The number of furan rings is 1. The number of ether oxygens (including phenoxy) is 2. The number of likely N-dealkylation sites (tertiary alicyclic amines) is 1. The van der Waals surface area contributed by atoms with Crippen molar-refractivity contribution in [1.82, 2.24) is 15.7 Å². The van der Waals surface area contributed by atoms with Crippen LogP contribution in [-0.4, -0.2) is 59.8 Å². The maximum Gasteiger partial charge on any atom is 0.274 e. The Hall–Kier alpha value is -3.82. The molecule has 0 bridgehead atoms. The molecule has 2 amide bonds. The quantitative estimate of drug-likeness (QED) is 0.177. The van der Waals surface area contributed by atoms with E-state index >= 15 is 0 Å². The number of hydrogen-bond acceptors (Lipinski definition) is 7. The van der Waals surface area contributed by atoms with Crippen LogP contribution in [0.25, 0.3) is 16.5 Å². The van der Waals surface area contributed by atoms with Crippen LogP contribution in [0.5, 0.6) is 11.5 Å². The second kappa shape index (κ2) is 12.6. The summed E-state index contributed by atoms with van der Waals surface area (Å²) in [6.07, 6.45) is 7.26. The third kappa shape index (κ3) is 7.03. The first-order chi connectivity index (χ1) is 19.4. The summed E-state index contributed by atoms with van der Waals surface area (Å²) in [6.45, 7) is 6.32. The fraction of sp³-hybridized carbons (Fsp3) is 0.419. The second-order valence-electron chi connectivity index (χ2n) is 10.6. The molecule has 1 aliphatic heterocycles. The zero-order valence-corrected chi connectivity index (χ0v) is 23.0. The van der Waals surface area contributed by atoms with E-state index in [1.165, 1.54) is 18.9 Å². The lowest BCUT2D eigenvalue weighted by Gasteiger charge is -2.32. The standard InChI is InChI=1S/C31H37N3O6/c1-3-23(19-38-25-8-4-21(5-9-25)31(36)33-37)32-30(35)16-20(2)29-18-22-17-27(10-11-28(22)40-29)39-26-12-14-34(15-13-26)24-6-7-24/h4-5,8-11,16-18,23-24,26,37H,3,6-7,12-15,19H2,1-2H3,(H,32,35)(H,33,36)/b20-16+/t23-/m0/s1. The van der Waals surface area contributed by atoms with E-state index in [0.29, 0.717) is 23.5 Å². The first kappa shape index (κ1) is 27.7. The number of piperidine rings is 1. The summed E-state index contributed by atoms with van der Waals surface area (Å²) in [7, 11) is 0. The summed E-state index contributed by atoms with van der Waals surface area (Å²) in [5, 5.41) is 12.6. The highest BCUT2D eigenvalue weighted by Crippen LogP contribution is 2.32. The third-order valence-corrected chi connectivity index (χ3v) is 7.58. The van der Waals surface area contributed by atoms with Crippen molar-refractivity contribution in [1.29, 1.82) is 0 Å². The lowest BCUT2D eigenvalue weighted by atomic mass is 10.1. The number of benzene rings is 2. The van der Waals surface area contributed by atoms with Gasteiger partial charge in [-0.1, -0.05) is 6.92 Å². The molecule has 1 aliphatic carbocycles. The summed E-state index contributed by atoms with van der Waals surface area (Å²) in [4.78, 5) is 26.8. The molecular weight excluding hydrogens is 510 g/mol. The van der Waals surface area contributed by atoms with Crippen LogP contribution in [0.4, 0.5) is 0 Å². The second-order valence-corrected chi connectivity index (χ2v) is 10.6. The molecule has 1 aromatic heterocycles. The highest BCUT2D eigenvalue weighted by molar-refractivity contribution is 5.95. The van der Waals surface area contributed by atoms with Crippen molar-refractivity contribution < 1.29 is 28.7 Å². The molecular formula is C31H37N3O6. The average molecular weight is 548 g/mol. The third-order valence-electron chi connectivity index (χ3n) is 7.58. The van der Waals surface area contributed by atoms with Crippen molar-refractivity contribution >= 4 is 28.4 Å². The van der Waals surface area contributed by atoms with Gasteiger partial charge in [0.25, 0.3) is 5.91 Å². The monoisotopic (exact) mass is 547 g/mol. The average Bonchev–Trinajstić information content (AvgIpc) is 3.73. The topological polar surface area (TPSA) is 113 Å². The van der Waals surface area contributed by atoms with E-state index in [1.54, 1.807) is 29.7 Å². The van der Waals surface area contributed by atoms with E-state index in [0.717, 1.165) is 54.3 Å². The van der Waals surface area contributed by atoms with E-state index in [9.17, 15) is 9.59 Å². The molecule has 0 spiro atoms. The molecule has 2 aromatic carbocycles. The van der Waals surface area contributed by atoms with Crippen LogP contribution in [0.3, 0.4) is 0 Å². The van der Waals surface area contributed by atoms with Crippen LogP contribution in [0.1, 0.15) is 62.1 Å². The van der Waals surface area contributed by atoms with Gasteiger partial charge in [-0.25, -0.2) is 5.48 Å².